The van der Waals surface area contributed by atoms with E-state index < -0.39 is 0 Å². The van der Waals surface area contributed by atoms with Crippen LogP contribution in [0.5, 0.6) is 0 Å². The first-order valence-corrected chi connectivity index (χ1v) is 6.67. The van der Waals surface area contributed by atoms with Crippen LogP contribution in [0.2, 0.25) is 0 Å². The second kappa shape index (κ2) is 3.44. The van der Waals surface area contributed by atoms with Crippen LogP contribution in [0.15, 0.2) is 0 Å². The van der Waals surface area contributed by atoms with Gasteiger partial charge in [-0.3, -0.25) is 0 Å². The molecule has 1 heterocycles. The average molecular weight is 180 g/mol. The van der Waals surface area contributed by atoms with Gasteiger partial charge in [-0.15, -0.1) is 0 Å². The van der Waals surface area contributed by atoms with Crippen LogP contribution < -0.4 is 0 Å². The molecule has 1 fully saturated rings. The Morgan fingerprint density at radius 2 is 2.11 bits per heavy atom. The predicted molar refractivity (Wildman–Crippen MR) is 51.4 cm³/mol. The molecule has 9 heavy (non-hydrogen) atoms. The van der Waals surface area contributed by atoms with E-state index >= 15 is 0 Å². The summed E-state index contributed by atoms with van der Waals surface area (Å²) >= 11 is 1.98. The summed E-state index contributed by atoms with van der Waals surface area (Å²) in [5.74, 6) is 0. The Labute approximate surface area is 69.3 Å². The maximum atomic E-state index is 2.32. The van der Waals surface area contributed by atoms with Gasteiger partial charge in [-0.25, -0.2) is 0 Å². The van der Waals surface area contributed by atoms with Crippen LogP contribution in [-0.2, 0) is 0 Å². The average Bonchev–Trinajstić information content (AvgIpc) is 1.84. The van der Waals surface area contributed by atoms with Crippen LogP contribution in [0, 0.1) is 0 Å². The van der Waals surface area contributed by atoms with E-state index in [1.807, 2.05) is 33.3 Å². The third kappa shape index (κ3) is 1.75. The Bertz CT molecular complexity index is 94.3. The first-order valence-electron chi connectivity index (χ1n) is 3.10. The van der Waals surface area contributed by atoms with Crippen molar-refractivity contribution in [2.45, 2.75) is 29.6 Å². The van der Waals surface area contributed by atoms with Gasteiger partial charge in [-0.2, -0.15) is 11.8 Å². The molecule has 0 aromatic rings. The number of thioether (sulfide) groups is 1. The van der Waals surface area contributed by atoms with E-state index in [1.54, 1.807) is 0 Å². The van der Waals surface area contributed by atoms with Crippen LogP contribution in [0.3, 0.4) is 0 Å². The van der Waals surface area contributed by atoms with Crippen molar-refractivity contribution in [3.63, 3.8) is 0 Å². The first-order chi connectivity index (χ1) is 4.25. The molecule has 3 unspecified atom stereocenters. The SMILES string of the molecule is CSC(C)C1SSC1C. The summed E-state index contributed by atoms with van der Waals surface area (Å²) in [6, 6.07) is 0. The molecule has 54 valence electrons. The Morgan fingerprint density at radius 3 is 2.22 bits per heavy atom. The van der Waals surface area contributed by atoms with Crippen LogP contribution in [0.1, 0.15) is 13.8 Å². The van der Waals surface area contributed by atoms with Crippen molar-refractivity contribution in [1.29, 1.82) is 0 Å². The molecule has 0 aromatic heterocycles. The van der Waals surface area contributed by atoms with Crippen molar-refractivity contribution in [3.8, 4) is 0 Å². The van der Waals surface area contributed by atoms with Crippen molar-refractivity contribution in [3.05, 3.63) is 0 Å². The highest BCUT2D eigenvalue weighted by Crippen LogP contribution is 2.50. The first kappa shape index (κ1) is 8.15. The van der Waals surface area contributed by atoms with Crippen molar-refractivity contribution in [2.75, 3.05) is 6.26 Å². The molecular formula is C6H12S3. The lowest BCUT2D eigenvalue weighted by atomic mass is 10.2. The zero-order chi connectivity index (χ0) is 6.85. The molecule has 1 aliphatic heterocycles. The molecule has 0 aliphatic carbocycles. The lowest BCUT2D eigenvalue weighted by Crippen LogP contribution is -2.31. The fourth-order valence-corrected chi connectivity index (χ4v) is 4.88. The van der Waals surface area contributed by atoms with Gasteiger partial charge < -0.3 is 0 Å². The van der Waals surface area contributed by atoms with Gasteiger partial charge >= 0.3 is 0 Å². The molecular weight excluding hydrogens is 168 g/mol. The van der Waals surface area contributed by atoms with E-state index in [4.69, 9.17) is 0 Å². The summed E-state index contributed by atoms with van der Waals surface area (Å²) < 4.78 is 0. The minimum absolute atomic E-state index is 0.839. The highest BCUT2D eigenvalue weighted by atomic mass is 33.1. The zero-order valence-electron chi connectivity index (χ0n) is 5.96. The summed E-state index contributed by atoms with van der Waals surface area (Å²) in [5.41, 5.74) is 0. The van der Waals surface area contributed by atoms with Crippen LogP contribution >= 0.6 is 33.3 Å². The maximum Gasteiger partial charge on any atom is 0.0392 e. The zero-order valence-corrected chi connectivity index (χ0v) is 8.41. The van der Waals surface area contributed by atoms with Gasteiger partial charge in [0.05, 0.1) is 0 Å². The second-order valence-electron chi connectivity index (χ2n) is 2.30. The molecule has 0 nitrogen and oxygen atoms in total. The van der Waals surface area contributed by atoms with Gasteiger partial charge in [0.25, 0.3) is 0 Å². The van der Waals surface area contributed by atoms with Gasteiger partial charge in [0.1, 0.15) is 0 Å². The molecule has 0 spiro atoms. The van der Waals surface area contributed by atoms with Crippen molar-refractivity contribution < 1.29 is 0 Å². The summed E-state index contributed by atoms with van der Waals surface area (Å²) in [5, 5.41) is 2.63. The van der Waals surface area contributed by atoms with Gasteiger partial charge in [0, 0.05) is 15.7 Å². The van der Waals surface area contributed by atoms with Gasteiger partial charge in [0.2, 0.25) is 0 Å². The Hall–Kier alpha value is 1.05. The largest absolute Gasteiger partial charge is 0.161 e. The highest BCUT2D eigenvalue weighted by molar-refractivity contribution is 8.80. The molecule has 0 N–H and O–H groups in total. The Kier molecular flexibility index (Phi) is 3.12. The predicted octanol–water partition coefficient (Wildman–Crippen LogP) is 2.89. The third-order valence-electron chi connectivity index (χ3n) is 1.62. The van der Waals surface area contributed by atoms with E-state index in [9.17, 15) is 0 Å². The quantitative estimate of drug-likeness (QED) is 0.600. The Balaban J connectivity index is 2.25. The fourth-order valence-electron chi connectivity index (χ4n) is 0.825. The second-order valence-corrected chi connectivity index (χ2v) is 6.35. The molecule has 0 bridgehead atoms. The normalized spacial score (nSPS) is 37.7. The molecule has 1 rings (SSSR count). The molecule has 3 heteroatoms. The molecule has 3 atom stereocenters. The minimum atomic E-state index is 0.839. The fraction of sp³-hybridized carbons (Fsp3) is 1.00. The van der Waals surface area contributed by atoms with E-state index in [1.165, 1.54) is 0 Å². The van der Waals surface area contributed by atoms with Gasteiger partial charge in [-0.05, 0) is 6.26 Å². The van der Waals surface area contributed by atoms with E-state index in [0.717, 1.165) is 15.7 Å². The van der Waals surface area contributed by atoms with Gasteiger partial charge in [-0.1, -0.05) is 35.4 Å². The van der Waals surface area contributed by atoms with E-state index in [0.29, 0.717) is 0 Å². The van der Waals surface area contributed by atoms with Crippen LogP contribution in [-0.4, -0.2) is 22.0 Å². The molecule has 1 aliphatic rings. The van der Waals surface area contributed by atoms with Crippen molar-refractivity contribution in [1.82, 2.24) is 0 Å². The van der Waals surface area contributed by atoms with E-state index in [2.05, 4.69) is 20.1 Å². The topological polar surface area (TPSA) is 0 Å². The number of hydrogen-bond donors (Lipinski definition) is 0. The van der Waals surface area contributed by atoms with Crippen molar-refractivity contribution >= 4 is 33.3 Å². The van der Waals surface area contributed by atoms with Gasteiger partial charge in [0.15, 0.2) is 0 Å². The molecule has 0 radical (unpaired) electrons. The summed E-state index contributed by atoms with van der Waals surface area (Å²) in [4.78, 5) is 0. The summed E-state index contributed by atoms with van der Waals surface area (Å²) in [7, 11) is 4.06. The number of hydrogen-bond acceptors (Lipinski definition) is 3. The molecule has 1 saturated heterocycles. The maximum absolute atomic E-state index is 2.32. The molecule has 0 amide bonds. The third-order valence-corrected chi connectivity index (χ3v) is 6.65. The van der Waals surface area contributed by atoms with Crippen LogP contribution in [0.25, 0.3) is 0 Å². The van der Waals surface area contributed by atoms with Crippen molar-refractivity contribution in [2.24, 2.45) is 0 Å². The van der Waals surface area contributed by atoms with E-state index in [-0.39, 0.29) is 0 Å². The minimum Gasteiger partial charge on any atom is -0.161 e. The lowest BCUT2D eigenvalue weighted by Gasteiger charge is -2.35. The molecule has 0 saturated carbocycles. The monoisotopic (exact) mass is 180 g/mol. The summed E-state index contributed by atoms with van der Waals surface area (Å²) in [6.45, 7) is 4.64. The van der Waals surface area contributed by atoms with Crippen LogP contribution in [0.4, 0.5) is 0 Å². The molecule has 0 aromatic carbocycles. The highest BCUT2D eigenvalue weighted by Gasteiger charge is 2.32. The summed E-state index contributed by atoms with van der Waals surface area (Å²) in [6.07, 6.45) is 2.20. The standard InChI is InChI=1S/C6H12S3/c1-4(7-3)6-5(2)8-9-6/h4-6H,1-3H3. The lowest BCUT2D eigenvalue weighted by molar-refractivity contribution is 0.821. The smallest absolute Gasteiger partial charge is 0.0392 e. The Morgan fingerprint density at radius 1 is 1.44 bits per heavy atom. The number of rotatable bonds is 2.